The van der Waals surface area contributed by atoms with Crippen LogP contribution >= 0.6 is 0 Å². The van der Waals surface area contributed by atoms with Crippen LogP contribution in [0.3, 0.4) is 0 Å². The number of aromatic hydroxyl groups is 1. The molecule has 2 aromatic carbocycles. The van der Waals surface area contributed by atoms with Gasteiger partial charge in [0.1, 0.15) is 5.56 Å². The minimum absolute atomic E-state index is 0.0131. The molecule has 0 amide bonds. The molecule has 0 saturated heterocycles. The maximum Gasteiger partial charge on any atom is 0.335 e. The number of aromatic nitrogens is 2. The lowest BCUT2D eigenvalue weighted by Gasteiger charge is -2.12. The maximum atomic E-state index is 12.4. The third-order valence-electron chi connectivity index (χ3n) is 4.64. The largest absolute Gasteiger partial charge is 0.494 e. The highest BCUT2D eigenvalue weighted by Crippen LogP contribution is 2.36. The first-order valence-electron chi connectivity index (χ1n) is 8.48. The molecule has 1 aromatic heterocycles. The highest BCUT2D eigenvalue weighted by molar-refractivity contribution is 6.31. The van der Waals surface area contributed by atoms with Crippen molar-refractivity contribution in [1.29, 1.82) is 0 Å². The smallest absolute Gasteiger partial charge is 0.335 e. The average Bonchev–Trinajstić information content (AvgIpc) is 2.95. The number of aryl methyl sites for hydroxylation is 1. The van der Waals surface area contributed by atoms with Crippen molar-refractivity contribution in [3.05, 3.63) is 86.1 Å². The van der Waals surface area contributed by atoms with Crippen LogP contribution in [-0.2, 0) is 0 Å². The van der Waals surface area contributed by atoms with Gasteiger partial charge in [0.2, 0.25) is 5.88 Å². The molecular formula is C21H17N3O3. The first-order chi connectivity index (χ1) is 13.0. The lowest BCUT2D eigenvalue weighted by Crippen LogP contribution is -2.30. The molecule has 6 heteroatoms. The van der Waals surface area contributed by atoms with Gasteiger partial charge in [-0.3, -0.25) is 14.8 Å². The second kappa shape index (κ2) is 6.25. The number of fused-ring (bicyclic) bond motifs is 1. The average molecular weight is 359 g/mol. The Bertz CT molecular complexity index is 1250. The second-order valence-corrected chi connectivity index (χ2v) is 6.39. The van der Waals surface area contributed by atoms with Crippen LogP contribution in [0.25, 0.3) is 17.3 Å². The summed E-state index contributed by atoms with van der Waals surface area (Å²) >= 11 is 0. The summed E-state index contributed by atoms with van der Waals surface area (Å²) in [7, 11) is 0. The summed E-state index contributed by atoms with van der Waals surface area (Å²) in [5.74, 6) is -0.400. The molecule has 0 atom stereocenters. The predicted octanol–water partition coefficient (Wildman–Crippen LogP) is 3.19. The van der Waals surface area contributed by atoms with Crippen LogP contribution < -0.4 is 11.2 Å². The van der Waals surface area contributed by atoms with E-state index in [0.717, 1.165) is 32.7 Å². The normalized spacial score (nSPS) is 14.3. The molecule has 2 N–H and O–H groups in total. The molecule has 27 heavy (non-hydrogen) atoms. The van der Waals surface area contributed by atoms with Gasteiger partial charge in [-0.15, -0.1) is 0 Å². The number of para-hydroxylation sites is 2. The molecule has 0 unspecified atom stereocenters. The topological polar surface area (TPSA) is 87.4 Å². The number of rotatable bonds is 2. The molecule has 3 aromatic rings. The van der Waals surface area contributed by atoms with Crippen molar-refractivity contribution in [2.45, 2.75) is 13.8 Å². The van der Waals surface area contributed by atoms with Crippen molar-refractivity contribution in [1.82, 2.24) is 9.55 Å². The molecule has 1 aliphatic rings. The van der Waals surface area contributed by atoms with Gasteiger partial charge in [0.05, 0.1) is 11.4 Å². The molecule has 4 rings (SSSR count). The van der Waals surface area contributed by atoms with Gasteiger partial charge in [-0.2, -0.15) is 0 Å². The Hall–Kier alpha value is -3.67. The minimum atomic E-state index is -0.689. The minimum Gasteiger partial charge on any atom is -0.494 e. The number of benzene rings is 2. The molecular weight excluding hydrogens is 342 g/mol. The standard InChI is InChI=1S/C21H17N3O3/c1-12-7-3-6-10-18(12)24-20(26)16(19(25)23-21(24)27)11-15-13(2)22-17-9-5-4-8-14(15)17/h3-11,26H,1-2H3,(H,23,25,27)/b15-11+. The van der Waals surface area contributed by atoms with Gasteiger partial charge in [-0.05, 0) is 37.6 Å². The fraction of sp³-hybridized carbons (Fsp3) is 0.0952. The van der Waals surface area contributed by atoms with E-state index in [4.69, 9.17) is 0 Å². The quantitative estimate of drug-likeness (QED) is 0.737. The van der Waals surface area contributed by atoms with Gasteiger partial charge >= 0.3 is 5.69 Å². The van der Waals surface area contributed by atoms with Crippen LogP contribution in [-0.4, -0.2) is 20.4 Å². The Kier molecular flexibility index (Phi) is 3.88. The molecule has 1 aliphatic heterocycles. The Morgan fingerprint density at radius 1 is 1.04 bits per heavy atom. The van der Waals surface area contributed by atoms with Gasteiger partial charge < -0.3 is 5.11 Å². The third kappa shape index (κ3) is 2.71. The third-order valence-corrected chi connectivity index (χ3v) is 4.64. The van der Waals surface area contributed by atoms with Gasteiger partial charge in [0, 0.05) is 16.8 Å². The summed E-state index contributed by atoms with van der Waals surface area (Å²) in [6.07, 6.45) is 1.58. The first kappa shape index (κ1) is 16.8. The molecule has 0 saturated carbocycles. The van der Waals surface area contributed by atoms with E-state index in [9.17, 15) is 14.7 Å². The number of H-pyrrole nitrogens is 1. The fourth-order valence-corrected chi connectivity index (χ4v) is 3.27. The highest BCUT2D eigenvalue weighted by atomic mass is 16.3. The summed E-state index contributed by atoms with van der Waals surface area (Å²) < 4.78 is 1.11. The number of aromatic amines is 1. The molecule has 0 radical (unpaired) electrons. The van der Waals surface area contributed by atoms with Gasteiger partial charge in [0.25, 0.3) is 5.56 Å². The summed E-state index contributed by atoms with van der Waals surface area (Å²) in [5, 5.41) is 10.8. The van der Waals surface area contributed by atoms with Crippen LogP contribution in [0.1, 0.15) is 23.6 Å². The Morgan fingerprint density at radius 2 is 1.74 bits per heavy atom. The van der Waals surface area contributed by atoms with E-state index < -0.39 is 17.1 Å². The number of nitrogens with zero attached hydrogens (tertiary/aromatic N) is 2. The molecule has 0 aliphatic carbocycles. The first-order valence-corrected chi connectivity index (χ1v) is 8.48. The van der Waals surface area contributed by atoms with Crippen LogP contribution in [0.5, 0.6) is 5.88 Å². The van der Waals surface area contributed by atoms with Gasteiger partial charge in [-0.25, -0.2) is 9.36 Å². The van der Waals surface area contributed by atoms with Crippen molar-refractivity contribution in [3.8, 4) is 11.6 Å². The number of allylic oxidation sites excluding steroid dienone is 1. The van der Waals surface area contributed by atoms with Crippen molar-refractivity contribution in [2.24, 2.45) is 4.99 Å². The van der Waals surface area contributed by atoms with E-state index in [2.05, 4.69) is 9.98 Å². The molecule has 0 spiro atoms. The lowest BCUT2D eigenvalue weighted by molar-refractivity contribution is 0.429. The van der Waals surface area contributed by atoms with Crippen molar-refractivity contribution < 1.29 is 5.11 Å². The molecule has 2 heterocycles. The molecule has 0 fully saturated rings. The highest BCUT2D eigenvalue weighted by Gasteiger charge is 2.20. The fourth-order valence-electron chi connectivity index (χ4n) is 3.27. The number of hydrogen-bond donors (Lipinski definition) is 2. The maximum absolute atomic E-state index is 12.4. The monoisotopic (exact) mass is 359 g/mol. The van der Waals surface area contributed by atoms with Gasteiger partial charge in [0.15, 0.2) is 0 Å². The van der Waals surface area contributed by atoms with Gasteiger partial charge in [-0.1, -0.05) is 36.4 Å². The van der Waals surface area contributed by atoms with E-state index in [1.807, 2.05) is 50.2 Å². The summed E-state index contributed by atoms with van der Waals surface area (Å²) in [4.78, 5) is 31.6. The summed E-state index contributed by atoms with van der Waals surface area (Å²) in [6.45, 7) is 3.67. The predicted molar refractivity (Wildman–Crippen MR) is 106 cm³/mol. The lowest BCUT2D eigenvalue weighted by atomic mass is 10.0. The van der Waals surface area contributed by atoms with Crippen molar-refractivity contribution in [3.63, 3.8) is 0 Å². The zero-order chi connectivity index (χ0) is 19.1. The summed E-state index contributed by atoms with van der Waals surface area (Å²) in [5.41, 5.74) is 3.15. The Balaban J connectivity index is 1.98. The second-order valence-electron chi connectivity index (χ2n) is 6.39. The SMILES string of the molecule is CC1=Nc2ccccc2/C1=C/c1c(O)n(-c2ccccc2C)c(=O)[nH]c1=O. The van der Waals surface area contributed by atoms with E-state index >= 15 is 0 Å². The zero-order valence-corrected chi connectivity index (χ0v) is 14.9. The van der Waals surface area contributed by atoms with Crippen molar-refractivity contribution >= 4 is 23.0 Å². The van der Waals surface area contributed by atoms with E-state index in [1.54, 1.807) is 18.2 Å². The van der Waals surface area contributed by atoms with Crippen LogP contribution in [0.15, 0.2) is 63.1 Å². The van der Waals surface area contributed by atoms with E-state index in [-0.39, 0.29) is 5.56 Å². The molecule has 6 nitrogen and oxygen atoms in total. The van der Waals surface area contributed by atoms with Crippen LogP contribution in [0.2, 0.25) is 0 Å². The zero-order valence-electron chi connectivity index (χ0n) is 14.9. The number of aliphatic imine (C=N–C) groups is 1. The number of hydrogen-bond acceptors (Lipinski definition) is 4. The van der Waals surface area contributed by atoms with Crippen LogP contribution in [0, 0.1) is 6.92 Å². The molecule has 0 bridgehead atoms. The summed E-state index contributed by atoms with van der Waals surface area (Å²) in [6, 6.07) is 14.7. The number of nitrogens with one attached hydrogen (secondary N) is 1. The Morgan fingerprint density at radius 3 is 2.52 bits per heavy atom. The van der Waals surface area contributed by atoms with E-state index in [1.165, 1.54) is 0 Å². The van der Waals surface area contributed by atoms with E-state index in [0.29, 0.717) is 5.69 Å². The van der Waals surface area contributed by atoms with Crippen molar-refractivity contribution in [2.75, 3.05) is 0 Å². The Labute approximate surface area is 154 Å². The van der Waals surface area contributed by atoms with Crippen LogP contribution in [0.4, 0.5) is 5.69 Å². The molecule has 134 valence electrons.